The van der Waals surface area contributed by atoms with E-state index in [1.54, 1.807) is 0 Å². The van der Waals surface area contributed by atoms with Crippen molar-refractivity contribution < 1.29 is 39.5 Å². The molecule has 2 rings (SSSR count). The van der Waals surface area contributed by atoms with Gasteiger partial charge in [-0.1, -0.05) is 64.4 Å². The van der Waals surface area contributed by atoms with Crippen molar-refractivity contribution in [2.45, 2.75) is 82.6 Å². The van der Waals surface area contributed by atoms with Crippen LogP contribution in [0, 0.1) is 29.1 Å². The summed E-state index contributed by atoms with van der Waals surface area (Å²) >= 11 is 0. The van der Waals surface area contributed by atoms with Gasteiger partial charge in [0.2, 0.25) is 5.82 Å². The second-order valence-electron chi connectivity index (χ2n) is 7.65. The minimum absolute atomic E-state index is 1.18. The van der Waals surface area contributed by atoms with Gasteiger partial charge in [-0.2, -0.15) is 0 Å². The van der Waals surface area contributed by atoms with E-state index in [0.717, 1.165) is 0 Å². The fourth-order valence-electron chi connectivity index (χ4n) is 3.17. The first-order valence-electron chi connectivity index (χ1n) is 11.0. The third-order valence-corrected chi connectivity index (χ3v) is 5.83. The zero-order valence-electron chi connectivity index (χ0n) is 18.6. The van der Waals surface area contributed by atoms with E-state index >= 15 is 0 Å². The summed E-state index contributed by atoms with van der Waals surface area (Å²) < 4.78 is 95.2. The Bertz CT molecular complexity index is 927. The van der Waals surface area contributed by atoms with Gasteiger partial charge in [0.15, 0.2) is 35.7 Å². The quantitative estimate of drug-likeness (QED) is 0.0882. The number of hydrogen-bond donors (Lipinski definition) is 0. The highest BCUT2D eigenvalue weighted by Crippen LogP contribution is 2.26. The third-order valence-electron chi connectivity index (χ3n) is 4.97. The Morgan fingerprint density at radius 2 is 1.06 bits per heavy atom. The minimum atomic E-state index is -5.77. The molecule has 0 unspecified atom stereocenters. The highest BCUT2D eigenvalue weighted by Gasteiger charge is 2.28. The van der Waals surface area contributed by atoms with Crippen LogP contribution in [0.1, 0.15) is 71.1 Å². The van der Waals surface area contributed by atoms with E-state index in [4.69, 9.17) is 0 Å². The zero-order valence-corrected chi connectivity index (χ0v) is 19.5. The van der Waals surface area contributed by atoms with Gasteiger partial charge in [-0.05, 0) is 6.42 Å². The van der Waals surface area contributed by atoms with Crippen LogP contribution in [0.25, 0.3) is 0 Å². The topological polar surface area (TPSA) is 61.1 Å². The van der Waals surface area contributed by atoms with E-state index in [9.17, 15) is 34.9 Å². The Hall–Kier alpha value is -2.07. The van der Waals surface area contributed by atoms with Crippen molar-refractivity contribution in [1.82, 2.24) is 0 Å². The molecule has 0 aliphatic heterocycles. The summed E-state index contributed by atoms with van der Waals surface area (Å²) in [4.78, 5) is -2.38. The maximum atomic E-state index is 12.6. The lowest BCUT2D eigenvalue weighted by Gasteiger charge is -2.10. The molecule has 4 nitrogen and oxygen atoms in total. The SMILES string of the molecule is CCCCCCCCCCCC[n+]1ccccc1.O=S(=O)([O-])c1c(F)c(F)c(F)c(F)c1F. The smallest absolute Gasteiger partial charge is 0.200 e. The molecular weight excluding hydrogens is 465 g/mol. The molecule has 0 radical (unpaired) electrons. The molecule has 1 aromatic carbocycles. The van der Waals surface area contributed by atoms with Crippen molar-refractivity contribution in [1.29, 1.82) is 0 Å². The first-order chi connectivity index (χ1) is 15.6. The number of nitrogens with zero attached hydrogens (tertiary/aromatic N) is 1. The Balaban J connectivity index is 0.000000335. The predicted molar refractivity (Wildman–Crippen MR) is 113 cm³/mol. The van der Waals surface area contributed by atoms with Crippen LogP contribution in [0.2, 0.25) is 0 Å². The first kappa shape index (κ1) is 29.0. The van der Waals surface area contributed by atoms with Crippen LogP contribution in [-0.2, 0) is 16.7 Å². The van der Waals surface area contributed by atoms with Crippen molar-refractivity contribution in [3.63, 3.8) is 0 Å². The lowest BCUT2D eigenvalue weighted by Crippen LogP contribution is -2.32. The van der Waals surface area contributed by atoms with Crippen LogP contribution in [-0.4, -0.2) is 13.0 Å². The monoisotopic (exact) mass is 495 g/mol. The summed E-state index contributed by atoms with van der Waals surface area (Å²) in [6.45, 7) is 3.46. The van der Waals surface area contributed by atoms with Crippen molar-refractivity contribution in [2.75, 3.05) is 0 Å². The summed E-state index contributed by atoms with van der Waals surface area (Å²) in [5.74, 6) is -12.8. The fraction of sp³-hybridized carbons (Fsp3) is 0.522. The molecule has 0 N–H and O–H groups in total. The second-order valence-corrected chi connectivity index (χ2v) is 8.96. The number of hydrogen-bond acceptors (Lipinski definition) is 3. The molecular formula is C23H30F5NO3S. The van der Waals surface area contributed by atoms with Crippen molar-refractivity contribution in [3.05, 3.63) is 59.7 Å². The van der Waals surface area contributed by atoms with Crippen molar-refractivity contribution in [2.24, 2.45) is 0 Å². The first-order valence-corrected chi connectivity index (χ1v) is 12.4. The molecule has 10 heteroatoms. The molecule has 2 aromatic rings. The maximum absolute atomic E-state index is 12.6. The van der Waals surface area contributed by atoms with Gasteiger partial charge in [0, 0.05) is 18.6 Å². The van der Waals surface area contributed by atoms with Crippen LogP contribution >= 0.6 is 0 Å². The summed E-state index contributed by atoms with van der Waals surface area (Å²) in [7, 11) is -5.77. The average molecular weight is 496 g/mol. The summed E-state index contributed by atoms with van der Waals surface area (Å²) in [5, 5.41) is 0. The Labute approximate surface area is 192 Å². The Morgan fingerprint density at radius 1 is 0.667 bits per heavy atom. The summed E-state index contributed by atoms with van der Waals surface area (Å²) in [6, 6.07) is 6.29. The number of unbranched alkanes of at least 4 members (excludes halogenated alkanes) is 9. The van der Waals surface area contributed by atoms with Crippen LogP contribution in [0.15, 0.2) is 35.5 Å². The van der Waals surface area contributed by atoms with Gasteiger partial charge in [-0.3, -0.25) is 0 Å². The lowest BCUT2D eigenvalue weighted by molar-refractivity contribution is -0.697. The van der Waals surface area contributed by atoms with E-state index in [1.165, 1.54) is 70.8 Å². The Kier molecular flexibility index (Phi) is 13.1. The van der Waals surface area contributed by atoms with Gasteiger partial charge in [-0.25, -0.2) is 34.9 Å². The highest BCUT2D eigenvalue weighted by atomic mass is 32.2. The Morgan fingerprint density at radius 3 is 1.48 bits per heavy atom. The van der Waals surface area contributed by atoms with E-state index in [2.05, 4.69) is 42.1 Å². The molecule has 0 aliphatic carbocycles. The molecule has 0 saturated carbocycles. The number of aryl methyl sites for hydroxylation is 1. The fourth-order valence-corrected chi connectivity index (χ4v) is 3.79. The molecule has 0 aliphatic rings. The summed E-state index contributed by atoms with van der Waals surface area (Å²) in [6.07, 6.45) is 18.5. The number of halogens is 5. The minimum Gasteiger partial charge on any atom is -0.744 e. The second kappa shape index (κ2) is 15.0. The van der Waals surface area contributed by atoms with E-state index in [0.29, 0.717) is 0 Å². The van der Waals surface area contributed by atoms with E-state index in [1.807, 2.05) is 0 Å². The number of pyridine rings is 1. The third kappa shape index (κ3) is 10.2. The highest BCUT2D eigenvalue weighted by molar-refractivity contribution is 7.85. The molecule has 33 heavy (non-hydrogen) atoms. The maximum Gasteiger partial charge on any atom is 0.200 e. The molecule has 0 spiro atoms. The average Bonchev–Trinajstić information content (AvgIpc) is 2.78. The van der Waals surface area contributed by atoms with Gasteiger partial charge in [0.25, 0.3) is 0 Å². The van der Waals surface area contributed by atoms with Crippen LogP contribution in [0.5, 0.6) is 0 Å². The zero-order chi connectivity index (χ0) is 24.9. The van der Waals surface area contributed by atoms with Gasteiger partial charge in [-0.15, -0.1) is 0 Å². The van der Waals surface area contributed by atoms with Gasteiger partial charge >= 0.3 is 0 Å². The lowest BCUT2D eigenvalue weighted by atomic mass is 10.1. The molecule has 0 fully saturated rings. The summed E-state index contributed by atoms with van der Waals surface area (Å²) in [5.41, 5.74) is 0. The van der Waals surface area contributed by atoms with Crippen LogP contribution in [0.3, 0.4) is 0 Å². The molecule has 1 heterocycles. The van der Waals surface area contributed by atoms with E-state index < -0.39 is 44.1 Å². The van der Waals surface area contributed by atoms with Crippen molar-refractivity contribution in [3.8, 4) is 0 Å². The van der Waals surface area contributed by atoms with Gasteiger partial charge in [0.1, 0.15) is 21.6 Å². The molecule has 186 valence electrons. The molecule has 0 bridgehead atoms. The predicted octanol–water partition coefficient (Wildman–Crippen LogP) is 6.18. The number of aromatic nitrogens is 1. The van der Waals surface area contributed by atoms with Gasteiger partial charge < -0.3 is 4.55 Å². The molecule has 1 aromatic heterocycles. The van der Waals surface area contributed by atoms with E-state index in [-0.39, 0.29) is 0 Å². The van der Waals surface area contributed by atoms with Gasteiger partial charge in [0.05, 0.1) is 0 Å². The standard InChI is InChI=1S/C17H30N.C6HF5O3S/c1-2-3-4-5-6-7-8-9-10-12-15-18-16-13-11-14-17-18;7-1-2(8)4(10)6(15(12,13)14)5(11)3(1)9/h11,13-14,16-17H,2-10,12,15H2,1H3;(H,12,13,14)/q+1;/p-1. The molecule has 0 atom stereocenters. The molecule has 0 amide bonds. The van der Waals surface area contributed by atoms with Crippen LogP contribution in [0.4, 0.5) is 22.0 Å². The number of rotatable bonds is 12. The van der Waals surface area contributed by atoms with Crippen molar-refractivity contribution >= 4 is 10.1 Å². The normalized spacial score (nSPS) is 11.2. The largest absolute Gasteiger partial charge is 0.744 e. The number of benzene rings is 1. The molecule has 0 saturated heterocycles. The van der Waals surface area contributed by atoms with Crippen LogP contribution < -0.4 is 4.57 Å².